The summed E-state index contributed by atoms with van der Waals surface area (Å²) in [7, 11) is 1.82. The van der Waals surface area contributed by atoms with Crippen LogP contribution in [0.25, 0.3) is 0 Å². The largest absolute Gasteiger partial charge is 0.491 e. The number of carbonyl (C=O) groups is 1. The summed E-state index contributed by atoms with van der Waals surface area (Å²) >= 11 is 2.81. The van der Waals surface area contributed by atoms with E-state index in [1.54, 1.807) is 24.0 Å². The molecule has 47 heavy (non-hydrogen) atoms. The van der Waals surface area contributed by atoms with Crippen LogP contribution in [0.3, 0.4) is 0 Å². The zero-order valence-electron chi connectivity index (χ0n) is 27.8. The second-order valence-corrected chi connectivity index (χ2v) is 15.1. The molecular formula is C37H43FN4O3S2. The quantitative estimate of drug-likeness (QED) is 0.0876. The van der Waals surface area contributed by atoms with Gasteiger partial charge in [-0.25, -0.2) is 9.18 Å². The molecule has 1 aromatic heterocycles. The summed E-state index contributed by atoms with van der Waals surface area (Å²) in [5, 5.41) is 23.1. The van der Waals surface area contributed by atoms with Gasteiger partial charge in [0, 0.05) is 22.4 Å². The van der Waals surface area contributed by atoms with Gasteiger partial charge in [0.15, 0.2) is 23.2 Å². The van der Waals surface area contributed by atoms with Gasteiger partial charge in [-0.15, -0.1) is 10.2 Å². The first-order chi connectivity index (χ1) is 22.3. The van der Waals surface area contributed by atoms with Crippen molar-refractivity contribution in [2.45, 2.75) is 76.5 Å². The summed E-state index contributed by atoms with van der Waals surface area (Å²) in [6.07, 6.45) is 5.62. The van der Waals surface area contributed by atoms with Crippen LogP contribution >= 0.6 is 23.5 Å². The highest BCUT2D eigenvalue weighted by molar-refractivity contribution is 8.06. The molecule has 0 radical (unpaired) electrons. The van der Waals surface area contributed by atoms with E-state index in [-0.39, 0.29) is 29.2 Å². The zero-order chi connectivity index (χ0) is 33.9. The molecule has 6 rings (SSSR count). The number of thioether (sulfide) groups is 2. The van der Waals surface area contributed by atoms with E-state index in [2.05, 4.69) is 48.6 Å². The van der Waals surface area contributed by atoms with E-state index < -0.39 is 5.97 Å². The summed E-state index contributed by atoms with van der Waals surface area (Å²) in [5.74, 6) is 0.0581. The fourth-order valence-corrected chi connectivity index (χ4v) is 8.32. The number of nitrogens with one attached hydrogen (secondary N) is 1. The van der Waals surface area contributed by atoms with Crippen molar-refractivity contribution in [3.63, 3.8) is 0 Å². The van der Waals surface area contributed by atoms with Crippen LogP contribution in [-0.2, 0) is 10.2 Å². The predicted octanol–water partition coefficient (Wildman–Crippen LogP) is 9.60. The molecule has 3 fully saturated rings. The highest BCUT2D eigenvalue weighted by Crippen LogP contribution is 2.75. The van der Waals surface area contributed by atoms with Gasteiger partial charge in [0.05, 0.1) is 16.7 Å². The Hall–Kier alpha value is -3.76. The molecule has 3 aromatic rings. The number of ether oxygens (including phenoxy) is 1. The average Bonchev–Trinajstić information content (AvgIpc) is 2.99. The van der Waals surface area contributed by atoms with Crippen molar-refractivity contribution in [2.75, 3.05) is 23.9 Å². The molecule has 0 amide bonds. The van der Waals surface area contributed by atoms with Gasteiger partial charge in [0.25, 0.3) is 0 Å². The third-order valence-corrected chi connectivity index (χ3v) is 11.8. The van der Waals surface area contributed by atoms with Gasteiger partial charge in [-0.2, -0.15) is 0 Å². The minimum absolute atomic E-state index is 0.162. The summed E-state index contributed by atoms with van der Waals surface area (Å²) < 4.78 is 20.7. The fraction of sp³-hybridized carbons (Fsp3) is 0.378. The minimum atomic E-state index is -1.00. The second-order valence-electron chi connectivity index (χ2n) is 12.8. The molecule has 7 nitrogen and oxygen atoms in total. The van der Waals surface area contributed by atoms with Crippen molar-refractivity contribution < 1.29 is 19.0 Å². The SMILES string of the molecule is C=C(Nc1nnc(N(C)C(=C)S/C(CCCOc2ccc(C34CC(CC)(C3)C4)cc2F)=C(\C)C(=O)O)cc1C)Sc1ccccc1C. The van der Waals surface area contributed by atoms with Crippen LogP contribution in [0.5, 0.6) is 5.75 Å². The molecule has 248 valence electrons. The Morgan fingerprint density at radius 2 is 1.83 bits per heavy atom. The molecular weight excluding hydrogens is 632 g/mol. The third kappa shape index (κ3) is 7.54. The Labute approximate surface area is 285 Å². The smallest absolute Gasteiger partial charge is 0.332 e. The van der Waals surface area contributed by atoms with E-state index in [0.29, 0.717) is 39.8 Å². The van der Waals surface area contributed by atoms with Crippen LogP contribution in [0, 0.1) is 25.1 Å². The zero-order valence-corrected chi connectivity index (χ0v) is 29.4. The van der Waals surface area contributed by atoms with Crippen molar-refractivity contribution in [2.24, 2.45) is 5.41 Å². The molecule has 0 saturated heterocycles. The van der Waals surface area contributed by atoms with E-state index in [1.807, 2.05) is 44.3 Å². The van der Waals surface area contributed by atoms with E-state index in [1.165, 1.54) is 35.5 Å². The lowest BCUT2D eigenvalue weighted by molar-refractivity contribution is -0.143. The first-order valence-electron chi connectivity index (χ1n) is 15.9. The Balaban J connectivity index is 1.14. The van der Waals surface area contributed by atoms with Gasteiger partial charge in [-0.3, -0.25) is 0 Å². The Bertz CT molecular complexity index is 1720. The van der Waals surface area contributed by atoms with Gasteiger partial charge in [-0.1, -0.05) is 74.3 Å². The lowest BCUT2D eigenvalue weighted by Gasteiger charge is -2.71. The van der Waals surface area contributed by atoms with Crippen molar-refractivity contribution in [1.29, 1.82) is 0 Å². The maximum Gasteiger partial charge on any atom is 0.332 e. The molecule has 2 N–H and O–H groups in total. The maximum atomic E-state index is 14.9. The summed E-state index contributed by atoms with van der Waals surface area (Å²) in [5.41, 5.74) is 4.00. The van der Waals surface area contributed by atoms with Crippen LogP contribution < -0.4 is 15.0 Å². The topological polar surface area (TPSA) is 87.6 Å². The number of aliphatic carboxylic acids is 1. The third-order valence-electron chi connectivity index (χ3n) is 9.49. The molecule has 0 unspecified atom stereocenters. The molecule has 2 bridgehead atoms. The van der Waals surface area contributed by atoms with Gasteiger partial charge < -0.3 is 20.1 Å². The van der Waals surface area contributed by atoms with Gasteiger partial charge in [-0.05, 0) is 105 Å². The number of benzene rings is 2. The summed E-state index contributed by atoms with van der Waals surface area (Å²) in [6, 6.07) is 15.4. The van der Waals surface area contributed by atoms with E-state index in [4.69, 9.17) is 4.74 Å². The number of anilines is 2. The van der Waals surface area contributed by atoms with Crippen molar-refractivity contribution in [1.82, 2.24) is 10.2 Å². The number of carboxylic acid groups (broad SMARTS) is 1. The molecule has 0 atom stereocenters. The molecule has 0 spiro atoms. The van der Waals surface area contributed by atoms with E-state index in [9.17, 15) is 14.3 Å². The monoisotopic (exact) mass is 674 g/mol. The lowest BCUT2D eigenvalue weighted by atomic mass is 9.33. The number of halogens is 1. The standard InChI is InChI=1S/C37H43FN4O3S2/c1-8-36-20-37(21-36,22-36)28-15-16-30(29(38)19-28)45-17-11-14-32(25(4)35(43)44)47-27(6)42(7)33-18-24(3)34(41-40-33)39-26(5)46-31-13-10-9-12-23(31)2/h9-10,12-13,15-16,18-19H,5-6,8,11,14,17,20-22H2,1-4,7H3,(H,39,41)(H,43,44)/b32-25+. The predicted molar refractivity (Wildman–Crippen MR) is 191 cm³/mol. The van der Waals surface area contributed by atoms with Crippen molar-refractivity contribution >= 4 is 41.1 Å². The first kappa shape index (κ1) is 34.6. The first-order valence-corrected chi connectivity index (χ1v) is 17.5. The molecule has 3 aliphatic carbocycles. The molecule has 2 aromatic carbocycles. The maximum absolute atomic E-state index is 14.9. The Morgan fingerprint density at radius 3 is 2.47 bits per heavy atom. The number of hydrogen-bond donors (Lipinski definition) is 2. The van der Waals surface area contributed by atoms with E-state index >= 15 is 0 Å². The molecule has 10 heteroatoms. The molecule has 0 aliphatic heterocycles. The van der Waals surface area contributed by atoms with Crippen LogP contribution in [-0.4, -0.2) is 34.9 Å². The van der Waals surface area contributed by atoms with Crippen LogP contribution in [0.4, 0.5) is 16.0 Å². The van der Waals surface area contributed by atoms with Crippen molar-refractivity contribution in [3.8, 4) is 5.75 Å². The number of rotatable bonds is 16. The number of carboxylic acids is 1. The molecule has 1 heterocycles. The molecule has 3 aliphatic rings. The minimum Gasteiger partial charge on any atom is -0.491 e. The highest BCUT2D eigenvalue weighted by Gasteiger charge is 2.66. The molecule has 3 saturated carbocycles. The van der Waals surface area contributed by atoms with Crippen LogP contribution in [0.15, 0.2) is 87.1 Å². The number of allylic oxidation sites excluding steroid dienone is 1. The number of nitrogens with zero attached hydrogens (tertiary/aromatic N) is 3. The summed E-state index contributed by atoms with van der Waals surface area (Å²) in [6.45, 7) is 16.4. The Kier molecular flexibility index (Phi) is 10.4. The van der Waals surface area contributed by atoms with Gasteiger partial charge >= 0.3 is 5.97 Å². The van der Waals surface area contributed by atoms with Gasteiger partial charge in [0.1, 0.15) is 0 Å². The lowest BCUT2D eigenvalue weighted by Crippen LogP contribution is -2.64. The van der Waals surface area contributed by atoms with Gasteiger partial charge in [0.2, 0.25) is 0 Å². The second kappa shape index (κ2) is 14.2. The normalized spacial score (nSPS) is 20.0. The van der Waals surface area contributed by atoms with Crippen LogP contribution in [0.1, 0.15) is 69.1 Å². The number of hydrogen-bond acceptors (Lipinski definition) is 8. The Morgan fingerprint density at radius 1 is 1.11 bits per heavy atom. The highest BCUT2D eigenvalue weighted by atomic mass is 32.2. The average molecular weight is 675 g/mol. The van der Waals surface area contributed by atoms with E-state index in [0.717, 1.165) is 40.3 Å². The number of aromatic nitrogens is 2. The van der Waals surface area contributed by atoms with Crippen molar-refractivity contribution in [3.05, 3.63) is 105 Å². The fourth-order valence-electron chi connectivity index (χ4n) is 6.53. The summed E-state index contributed by atoms with van der Waals surface area (Å²) in [4.78, 5) is 15.5. The number of aryl methyl sites for hydroxylation is 2. The van der Waals surface area contributed by atoms with Crippen LogP contribution in [0.2, 0.25) is 0 Å².